The molecular formula is C13H18O. The summed E-state index contributed by atoms with van der Waals surface area (Å²) in [5.74, 6) is 0. The fraction of sp³-hybridized carbons (Fsp3) is 0.385. The monoisotopic (exact) mass is 190 g/mol. The highest BCUT2D eigenvalue weighted by Crippen LogP contribution is 2.03. The van der Waals surface area contributed by atoms with E-state index in [1.165, 1.54) is 11.1 Å². The van der Waals surface area contributed by atoms with Crippen LogP contribution in [0.15, 0.2) is 42.5 Å². The van der Waals surface area contributed by atoms with E-state index in [2.05, 4.69) is 25.6 Å². The topological polar surface area (TPSA) is 9.23 Å². The molecule has 0 aromatic heterocycles. The van der Waals surface area contributed by atoms with Crippen LogP contribution in [0.1, 0.15) is 25.3 Å². The summed E-state index contributed by atoms with van der Waals surface area (Å²) in [7, 11) is 0. The maximum absolute atomic E-state index is 5.53. The second-order valence-corrected chi connectivity index (χ2v) is 3.60. The van der Waals surface area contributed by atoms with E-state index in [4.69, 9.17) is 4.74 Å². The van der Waals surface area contributed by atoms with Crippen LogP contribution in [0.4, 0.5) is 0 Å². The van der Waals surface area contributed by atoms with Crippen LogP contribution in [0, 0.1) is 0 Å². The van der Waals surface area contributed by atoms with Gasteiger partial charge in [0.2, 0.25) is 0 Å². The normalized spacial score (nSPS) is 10.1. The van der Waals surface area contributed by atoms with E-state index in [0.29, 0.717) is 0 Å². The summed E-state index contributed by atoms with van der Waals surface area (Å²) in [6, 6.07) is 10.3. The number of hydrogen-bond donors (Lipinski definition) is 0. The first-order chi connectivity index (χ1) is 6.79. The molecule has 76 valence electrons. The smallest absolute Gasteiger partial charge is 0.0716 e. The van der Waals surface area contributed by atoms with Gasteiger partial charge in [0.25, 0.3) is 0 Å². The first-order valence-corrected chi connectivity index (χ1v) is 5.05. The minimum absolute atomic E-state index is 0.719. The Morgan fingerprint density at radius 1 is 1.29 bits per heavy atom. The Kier molecular flexibility index (Phi) is 5.02. The Labute approximate surface area is 86.4 Å². The van der Waals surface area contributed by atoms with Crippen molar-refractivity contribution in [3.05, 3.63) is 48.0 Å². The molecule has 0 aliphatic heterocycles. The molecule has 0 bridgehead atoms. The molecule has 1 heteroatoms. The maximum Gasteiger partial charge on any atom is 0.0716 e. The second kappa shape index (κ2) is 6.39. The summed E-state index contributed by atoms with van der Waals surface area (Å²) in [5.41, 5.74) is 2.47. The Balaban J connectivity index is 2.08. The molecule has 1 aromatic rings. The number of allylic oxidation sites excluding steroid dienone is 1. The van der Waals surface area contributed by atoms with Crippen LogP contribution in [0.5, 0.6) is 0 Å². The van der Waals surface area contributed by atoms with Crippen LogP contribution in [-0.4, -0.2) is 6.61 Å². The summed E-state index contributed by atoms with van der Waals surface area (Å²) < 4.78 is 5.53. The quantitative estimate of drug-likeness (QED) is 0.492. The SMILES string of the molecule is C=C(C)CCCOCc1ccccc1. The van der Waals surface area contributed by atoms with Gasteiger partial charge in [0, 0.05) is 6.61 Å². The lowest BCUT2D eigenvalue weighted by molar-refractivity contribution is 0.118. The lowest BCUT2D eigenvalue weighted by Crippen LogP contribution is -1.95. The van der Waals surface area contributed by atoms with Crippen LogP contribution < -0.4 is 0 Å². The number of ether oxygens (including phenoxy) is 1. The van der Waals surface area contributed by atoms with Gasteiger partial charge >= 0.3 is 0 Å². The zero-order valence-corrected chi connectivity index (χ0v) is 8.83. The van der Waals surface area contributed by atoms with Crippen molar-refractivity contribution in [3.8, 4) is 0 Å². The van der Waals surface area contributed by atoms with Crippen LogP contribution in [-0.2, 0) is 11.3 Å². The Hall–Kier alpha value is -1.08. The number of benzene rings is 1. The van der Waals surface area contributed by atoms with E-state index in [9.17, 15) is 0 Å². The van der Waals surface area contributed by atoms with E-state index in [1.54, 1.807) is 0 Å². The summed E-state index contributed by atoms with van der Waals surface area (Å²) in [6.45, 7) is 7.45. The van der Waals surface area contributed by atoms with Gasteiger partial charge in [-0.1, -0.05) is 35.9 Å². The third kappa shape index (κ3) is 4.83. The van der Waals surface area contributed by atoms with Gasteiger partial charge in [-0.3, -0.25) is 0 Å². The molecule has 14 heavy (non-hydrogen) atoms. The van der Waals surface area contributed by atoms with Crippen molar-refractivity contribution in [2.24, 2.45) is 0 Å². The van der Waals surface area contributed by atoms with Crippen molar-refractivity contribution >= 4 is 0 Å². The van der Waals surface area contributed by atoms with Gasteiger partial charge in [0.15, 0.2) is 0 Å². The van der Waals surface area contributed by atoms with Crippen molar-refractivity contribution in [1.29, 1.82) is 0 Å². The molecule has 0 amide bonds. The molecule has 0 atom stereocenters. The third-order valence-corrected chi connectivity index (χ3v) is 2.00. The van der Waals surface area contributed by atoms with Gasteiger partial charge in [-0.15, -0.1) is 6.58 Å². The first-order valence-electron chi connectivity index (χ1n) is 5.05. The van der Waals surface area contributed by atoms with Gasteiger partial charge in [-0.25, -0.2) is 0 Å². The molecule has 0 heterocycles. The summed E-state index contributed by atoms with van der Waals surface area (Å²) >= 11 is 0. The lowest BCUT2D eigenvalue weighted by atomic mass is 10.2. The highest BCUT2D eigenvalue weighted by Gasteiger charge is 1.92. The molecule has 0 aliphatic rings. The van der Waals surface area contributed by atoms with E-state index in [0.717, 1.165) is 26.1 Å². The standard InChI is InChI=1S/C13H18O/c1-12(2)7-6-10-14-11-13-8-4-3-5-9-13/h3-5,8-9H,1,6-7,10-11H2,2H3. The molecule has 0 fully saturated rings. The molecule has 1 aromatic carbocycles. The predicted molar refractivity (Wildman–Crippen MR) is 60.1 cm³/mol. The second-order valence-electron chi connectivity index (χ2n) is 3.60. The average Bonchev–Trinajstić information content (AvgIpc) is 2.18. The summed E-state index contributed by atoms with van der Waals surface area (Å²) in [6.07, 6.45) is 2.14. The van der Waals surface area contributed by atoms with Crippen molar-refractivity contribution in [2.75, 3.05) is 6.61 Å². The third-order valence-electron chi connectivity index (χ3n) is 2.00. The van der Waals surface area contributed by atoms with Crippen molar-refractivity contribution in [1.82, 2.24) is 0 Å². The first kappa shape index (κ1) is 11.0. The average molecular weight is 190 g/mol. The highest BCUT2D eigenvalue weighted by atomic mass is 16.5. The molecule has 0 radical (unpaired) electrons. The fourth-order valence-electron chi connectivity index (χ4n) is 1.24. The zero-order chi connectivity index (χ0) is 10.2. The summed E-state index contributed by atoms with van der Waals surface area (Å²) in [5, 5.41) is 0. The molecule has 0 saturated carbocycles. The van der Waals surface area contributed by atoms with Gasteiger partial charge in [-0.05, 0) is 25.3 Å². The molecule has 0 unspecified atom stereocenters. The molecule has 0 saturated heterocycles. The summed E-state index contributed by atoms with van der Waals surface area (Å²) in [4.78, 5) is 0. The van der Waals surface area contributed by atoms with Crippen molar-refractivity contribution < 1.29 is 4.74 Å². The van der Waals surface area contributed by atoms with Crippen molar-refractivity contribution in [3.63, 3.8) is 0 Å². The Bertz CT molecular complexity index is 264. The molecular weight excluding hydrogens is 172 g/mol. The molecule has 0 spiro atoms. The van der Waals surface area contributed by atoms with E-state index in [-0.39, 0.29) is 0 Å². The minimum atomic E-state index is 0.719. The Morgan fingerprint density at radius 2 is 2.00 bits per heavy atom. The molecule has 0 N–H and O–H groups in total. The fourth-order valence-corrected chi connectivity index (χ4v) is 1.24. The number of hydrogen-bond acceptors (Lipinski definition) is 1. The maximum atomic E-state index is 5.53. The van der Waals surface area contributed by atoms with E-state index >= 15 is 0 Å². The zero-order valence-electron chi connectivity index (χ0n) is 8.83. The van der Waals surface area contributed by atoms with Crippen LogP contribution >= 0.6 is 0 Å². The molecule has 0 aliphatic carbocycles. The minimum Gasteiger partial charge on any atom is -0.377 e. The lowest BCUT2D eigenvalue weighted by Gasteiger charge is -2.03. The predicted octanol–water partition coefficient (Wildman–Crippen LogP) is 3.56. The molecule has 1 nitrogen and oxygen atoms in total. The van der Waals surface area contributed by atoms with Crippen LogP contribution in [0.25, 0.3) is 0 Å². The van der Waals surface area contributed by atoms with Gasteiger partial charge in [0.05, 0.1) is 6.61 Å². The molecule has 1 rings (SSSR count). The van der Waals surface area contributed by atoms with Gasteiger partial charge in [0.1, 0.15) is 0 Å². The van der Waals surface area contributed by atoms with E-state index in [1.807, 2.05) is 18.2 Å². The van der Waals surface area contributed by atoms with Crippen LogP contribution in [0.3, 0.4) is 0 Å². The highest BCUT2D eigenvalue weighted by molar-refractivity contribution is 5.13. The van der Waals surface area contributed by atoms with Gasteiger partial charge < -0.3 is 4.74 Å². The number of rotatable bonds is 6. The largest absolute Gasteiger partial charge is 0.377 e. The van der Waals surface area contributed by atoms with Crippen molar-refractivity contribution in [2.45, 2.75) is 26.4 Å². The van der Waals surface area contributed by atoms with Gasteiger partial charge in [-0.2, -0.15) is 0 Å². The van der Waals surface area contributed by atoms with E-state index < -0.39 is 0 Å². The van der Waals surface area contributed by atoms with Crippen LogP contribution in [0.2, 0.25) is 0 Å². The Morgan fingerprint density at radius 3 is 2.64 bits per heavy atom.